The van der Waals surface area contributed by atoms with Crippen LogP contribution in [0.5, 0.6) is 5.75 Å². The maximum absolute atomic E-state index is 12.1. The van der Waals surface area contributed by atoms with E-state index < -0.39 is 6.61 Å². The number of aryl methyl sites for hydroxylation is 1. The normalized spacial score (nSPS) is 12.7. The number of benzene rings is 1. The molecule has 2 rings (SSSR count). The number of halogens is 3. The summed E-state index contributed by atoms with van der Waals surface area (Å²) < 4.78 is 28.7. The van der Waals surface area contributed by atoms with Gasteiger partial charge in [-0.3, -0.25) is 0 Å². The Kier molecular flexibility index (Phi) is 4.35. The molecule has 1 heterocycles. The third kappa shape index (κ3) is 3.29. The number of thiophene rings is 1. The molecule has 0 aliphatic heterocycles. The van der Waals surface area contributed by atoms with E-state index in [1.807, 2.05) is 25.1 Å². The average molecular weight is 333 g/mol. The third-order valence-electron chi connectivity index (χ3n) is 2.39. The second-order valence-corrected chi connectivity index (χ2v) is 6.00. The number of hydrogen-bond acceptors (Lipinski definition) is 2. The van der Waals surface area contributed by atoms with Crippen molar-refractivity contribution in [3.05, 3.63) is 51.7 Å². The van der Waals surface area contributed by atoms with Crippen LogP contribution in [0.15, 0.2) is 36.4 Å². The van der Waals surface area contributed by atoms with Crippen LogP contribution in [-0.4, -0.2) is 6.61 Å². The van der Waals surface area contributed by atoms with Crippen LogP contribution in [0.4, 0.5) is 8.78 Å². The second-order valence-electron chi connectivity index (χ2n) is 3.76. The van der Waals surface area contributed by atoms with Gasteiger partial charge in [-0.05, 0) is 36.8 Å². The smallest absolute Gasteiger partial charge is 0.387 e. The molecular weight excluding hydrogens is 322 g/mol. The Bertz CT molecular complexity index is 527. The molecule has 0 fully saturated rings. The van der Waals surface area contributed by atoms with Gasteiger partial charge in [0.05, 0.1) is 4.83 Å². The number of rotatable bonds is 4. The Morgan fingerprint density at radius 1 is 1.22 bits per heavy atom. The molecule has 1 nitrogen and oxygen atoms in total. The standard InChI is InChI=1S/C13H11BrF2OS/c1-8-5-6-11(18-8)12(14)9-3-2-4-10(7-9)17-13(15)16/h2-7,12-13H,1H3. The van der Waals surface area contributed by atoms with E-state index in [0.717, 1.165) is 10.4 Å². The SMILES string of the molecule is Cc1ccc(C(Br)c2cccc(OC(F)F)c2)s1. The fourth-order valence-electron chi connectivity index (χ4n) is 1.60. The largest absolute Gasteiger partial charge is 0.435 e. The zero-order valence-electron chi connectivity index (χ0n) is 9.57. The molecule has 18 heavy (non-hydrogen) atoms. The highest BCUT2D eigenvalue weighted by atomic mass is 79.9. The van der Waals surface area contributed by atoms with Crippen LogP contribution in [0.3, 0.4) is 0 Å². The summed E-state index contributed by atoms with van der Waals surface area (Å²) in [5.74, 6) is 0.181. The number of ether oxygens (including phenoxy) is 1. The molecule has 0 saturated heterocycles. The van der Waals surface area contributed by atoms with E-state index in [0.29, 0.717) is 0 Å². The molecule has 0 saturated carbocycles. The molecule has 1 atom stereocenters. The van der Waals surface area contributed by atoms with Gasteiger partial charge in [0.25, 0.3) is 0 Å². The van der Waals surface area contributed by atoms with Crippen LogP contribution < -0.4 is 4.74 Å². The first-order chi connectivity index (χ1) is 8.56. The van der Waals surface area contributed by atoms with Crippen LogP contribution in [0.2, 0.25) is 0 Å². The molecule has 0 bridgehead atoms. The van der Waals surface area contributed by atoms with Gasteiger partial charge in [-0.1, -0.05) is 28.1 Å². The summed E-state index contributed by atoms with van der Waals surface area (Å²) in [6.07, 6.45) is 0. The van der Waals surface area contributed by atoms with Crippen molar-refractivity contribution in [3.63, 3.8) is 0 Å². The molecule has 5 heteroatoms. The van der Waals surface area contributed by atoms with Crippen molar-refractivity contribution in [1.82, 2.24) is 0 Å². The third-order valence-corrected chi connectivity index (χ3v) is 4.78. The minimum absolute atomic E-state index is 0.00239. The molecule has 1 unspecified atom stereocenters. The molecule has 96 valence electrons. The van der Waals surface area contributed by atoms with Crippen molar-refractivity contribution in [3.8, 4) is 5.75 Å². The van der Waals surface area contributed by atoms with Gasteiger partial charge in [-0.25, -0.2) is 0 Å². The van der Waals surface area contributed by atoms with Crippen molar-refractivity contribution in [1.29, 1.82) is 0 Å². The lowest BCUT2D eigenvalue weighted by Gasteiger charge is -2.10. The summed E-state index contributed by atoms with van der Waals surface area (Å²) in [5.41, 5.74) is 0.898. The Hall–Kier alpha value is -0.940. The van der Waals surface area contributed by atoms with E-state index in [-0.39, 0.29) is 10.6 Å². The second kappa shape index (κ2) is 5.80. The minimum Gasteiger partial charge on any atom is -0.435 e. The lowest BCUT2D eigenvalue weighted by Crippen LogP contribution is -2.02. The Balaban J connectivity index is 2.22. The molecule has 0 aliphatic rings. The van der Waals surface area contributed by atoms with Crippen LogP contribution >= 0.6 is 27.3 Å². The lowest BCUT2D eigenvalue weighted by atomic mass is 10.1. The molecule has 2 aromatic rings. The Morgan fingerprint density at radius 2 is 2.00 bits per heavy atom. The van der Waals surface area contributed by atoms with E-state index >= 15 is 0 Å². The van der Waals surface area contributed by atoms with Gasteiger partial charge in [-0.2, -0.15) is 8.78 Å². The highest BCUT2D eigenvalue weighted by molar-refractivity contribution is 9.09. The van der Waals surface area contributed by atoms with Crippen molar-refractivity contribution >= 4 is 27.3 Å². The summed E-state index contributed by atoms with van der Waals surface area (Å²) in [6, 6.07) is 10.8. The molecule has 0 N–H and O–H groups in total. The van der Waals surface area contributed by atoms with Gasteiger partial charge in [0.2, 0.25) is 0 Å². The van der Waals surface area contributed by atoms with E-state index in [4.69, 9.17) is 0 Å². The summed E-state index contributed by atoms with van der Waals surface area (Å²) in [7, 11) is 0. The average Bonchev–Trinajstić information content (AvgIpc) is 2.74. The van der Waals surface area contributed by atoms with Gasteiger partial charge in [-0.15, -0.1) is 11.3 Å². The topological polar surface area (TPSA) is 9.23 Å². The molecule has 0 amide bonds. The lowest BCUT2D eigenvalue weighted by molar-refractivity contribution is -0.0498. The van der Waals surface area contributed by atoms with E-state index in [1.165, 1.54) is 10.9 Å². The Morgan fingerprint density at radius 3 is 2.61 bits per heavy atom. The highest BCUT2D eigenvalue weighted by Crippen LogP contribution is 2.36. The van der Waals surface area contributed by atoms with Gasteiger partial charge < -0.3 is 4.74 Å². The number of alkyl halides is 3. The molecule has 1 aromatic heterocycles. The van der Waals surface area contributed by atoms with Crippen LogP contribution in [0.1, 0.15) is 20.1 Å². The zero-order valence-corrected chi connectivity index (χ0v) is 12.0. The van der Waals surface area contributed by atoms with Crippen molar-refractivity contribution in [2.45, 2.75) is 18.4 Å². The summed E-state index contributed by atoms with van der Waals surface area (Å²) in [4.78, 5) is 2.36. The van der Waals surface area contributed by atoms with Gasteiger partial charge in [0.15, 0.2) is 0 Å². The van der Waals surface area contributed by atoms with E-state index in [2.05, 4.69) is 20.7 Å². The van der Waals surface area contributed by atoms with Crippen LogP contribution in [0, 0.1) is 6.92 Å². The Labute approximate surface area is 117 Å². The number of hydrogen-bond donors (Lipinski definition) is 0. The van der Waals surface area contributed by atoms with E-state index in [9.17, 15) is 8.78 Å². The van der Waals surface area contributed by atoms with Crippen LogP contribution in [-0.2, 0) is 0 Å². The van der Waals surface area contributed by atoms with Crippen molar-refractivity contribution < 1.29 is 13.5 Å². The summed E-state index contributed by atoms with van der Waals surface area (Å²) in [5, 5.41) is 0. The van der Waals surface area contributed by atoms with Gasteiger partial charge >= 0.3 is 6.61 Å². The minimum atomic E-state index is -2.79. The predicted molar refractivity (Wildman–Crippen MR) is 72.9 cm³/mol. The molecule has 0 spiro atoms. The van der Waals surface area contributed by atoms with E-state index in [1.54, 1.807) is 23.5 Å². The van der Waals surface area contributed by atoms with Crippen LogP contribution in [0.25, 0.3) is 0 Å². The molecular formula is C13H11BrF2OS. The molecule has 0 radical (unpaired) electrons. The maximum Gasteiger partial charge on any atom is 0.387 e. The fraction of sp³-hybridized carbons (Fsp3) is 0.231. The highest BCUT2D eigenvalue weighted by Gasteiger charge is 2.13. The first-order valence-electron chi connectivity index (χ1n) is 5.31. The summed E-state index contributed by atoms with van der Waals surface area (Å²) in [6.45, 7) is -0.762. The fourth-order valence-corrected chi connectivity index (χ4v) is 3.20. The monoisotopic (exact) mass is 332 g/mol. The zero-order chi connectivity index (χ0) is 13.1. The predicted octanol–water partition coefficient (Wildman–Crippen LogP) is 5.14. The molecule has 1 aromatic carbocycles. The van der Waals surface area contributed by atoms with Gasteiger partial charge in [0, 0.05) is 9.75 Å². The van der Waals surface area contributed by atoms with Crippen molar-refractivity contribution in [2.24, 2.45) is 0 Å². The summed E-state index contributed by atoms with van der Waals surface area (Å²) >= 11 is 5.25. The van der Waals surface area contributed by atoms with Crippen molar-refractivity contribution in [2.75, 3.05) is 0 Å². The maximum atomic E-state index is 12.1. The van der Waals surface area contributed by atoms with Gasteiger partial charge in [0.1, 0.15) is 5.75 Å². The first kappa shape index (κ1) is 13.5. The first-order valence-corrected chi connectivity index (χ1v) is 7.04. The quantitative estimate of drug-likeness (QED) is 0.704. The molecule has 0 aliphatic carbocycles.